The molecule has 8 nitrogen and oxygen atoms in total. The lowest BCUT2D eigenvalue weighted by Crippen LogP contribution is -2.21. The maximum Gasteiger partial charge on any atom is 0.490 e. The fraction of sp³-hybridized carbons (Fsp3) is 0.0952. The van der Waals surface area contributed by atoms with Crippen LogP contribution in [-0.4, -0.2) is 38.0 Å². The Hall–Kier alpha value is -4.46. The first-order chi connectivity index (χ1) is 15.3. The van der Waals surface area contributed by atoms with Gasteiger partial charge in [0.25, 0.3) is 0 Å². The molecule has 1 aliphatic rings. The molecule has 2 rings (SSSR count). The molecule has 0 atom stereocenters. The van der Waals surface area contributed by atoms with Crippen molar-refractivity contribution in [1.29, 1.82) is 5.26 Å². The average molecular weight is 445 g/mol. The van der Waals surface area contributed by atoms with Gasteiger partial charge < -0.3 is 14.1 Å². The van der Waals surface area contributed by atoms with Crippen LogP contribution in [0, 0.1) is 11.3 Å². The molecule has 11 heteroatoms. The van der Waals surface area contributed by atoms with E-state index in [1.165, 1.54) is 12.5 Å². The van der Waals surface area contributed by atoms with Crippen molar-refractivity contribution in [3.8, 4) is 6.07 Å². The van der Waals surface area contributed by atoms with E-state index in [2.05, 4.69) is 21.0 Å². The van der Waals surface area contributed by atoms with Gasteiger partial charge in [-0.1, -0.05) is 18.2 Å². The van der Waals surface area contributed by atoms with Gasteiger partial charge in [-0.15, -0.1) is 0 Å². The van der Waals surface area contributed by atoms with Crippen LogP contribution in [0.1, 0.15) is 11.3 Å². The monoisotopic (exact) mass is 445 g/mol. The Balaban J connectivity index is 0.000000633. The fourth-order valence-corrected chi connectivity index (χ4v) is 1.71. The van der Waals surface area contributed by atoms with Crippen LogP contribution in [0.4, 0.5) is 13.2 Å². The summed E-state index contributed by atoms with van der Waals surface area (Å²) in [7, 11) is 0. The lowest BCUT2D eigenvalue weighted by atomic mass is 10.3. The first-order valence-electron chi connectivity index (χ1n) is 8.75. The number of fused-ring (bicyclic) bond motifs is 1. The molecule has 0 unspecified atom stereocenters. The second-order valence-corrected chi connectivity index (χ2v) is 5.45. The minimum atomic E-state index is -5.08. The summed E-state index contributed by atoms with van der Waals surface area (Å²) in [6, 6.07) is 14.4. The predicted octanol–water partition coefficient (Wildman–Crippen LogP) is 4.26. The van der Waals surface area contributed by atoms with Crippen molar-refractivity contribution in [1.82, 2.24) is 14.5 Å². The van der Waals surface area contributed by atoms with E-state index in [0.29, 0.717) is 12.2 Å². The summed E-state index contributed by atoms with van der Waals surface area (Å²) in [5.41, 5.74) is 1.27. The quantitative estimate of drug-likeness (QED) is 0.638. The Bertz CT molecular complexity index is 1070. The van der Waals surface area contributed by atoms with Crippen molar-refractivity contribution in [2.24, 2.45) is 4.99 Å². The van der Waals surface area contributed by atoms with E-state index in [-0.39, 0.29) is 0 Å². The van der Waals surface area contributed by atoms with Crippen molar-refractivity contribution in [2.75, 3.05) is 0 Å². The van der Waals surface area contributed by atoms with Gasteiger partial charge in [0, 0.05) is 31.0 Å². The lowest BCUT2D eigenvalue weighted by molar-refractivity contribution is -0.192. The molecular weight excluding hydrogens is 427 g/mol. The first-order valence-corrected chi connectivity index (χ1v) is 8.75. The number of nitrogens with zero attached hydrogens (tertiary/aromatic N) is 5. The molecule has 0 bridgehead atoms. The van der Waals surface area contributed by atoms with E-state index in [4.69, 9.17) is 19.6 Å². The third kappa shape index (κ3) is 11.5. The number of hydrogen-bond acceptors (Lipinski definition) is 6. The number of nitriles is 1. The van der Waals surface area contributed by atoms with Gasteiger partial charge >= 0.3 is 12.1 Å². The van der Waals surface area contributed by atoms with Crippen molar-refractivity contribution in [3.05, 3.63) is 97.2 Å². The number of alkyl halides is 3. The molecule has 0 fully saturated rings. The van der Waals surface area contributed by atoms with Gasteiger partial charge in [0.1, 0.15) is 19.0 Å². The van der Waals surface area contributed by atoms with Crippen LogP contribution >= 0.6 is 0 Å². The first kappa shape index (κ1) is 25.6. The van der Waals surface area contributed by atoms with Crippen LogP contribution in [0.3, 0.4) is 0 Å². The summed E-state index contributed by atoms with van der Waals surface area (Å²) in [5, 5.41) is 16.2. The molecule has 0 spiro atoms. The summed E-state index contributed by atoms with van der Waals surface area (Å²) >= 11 is 0. The molecule has 1 aliphatic heterocycles. The molecule has 0 radical (unpaired) electrons. The molecule has 0 aromatic carbocycles. The number of hydrogen-bond donors (Lipinski definition) is 1. The Morgan fingerprint density at radius 3 is 2.53 bits per heavy atom. The Kier molecular flexibility index (Phi) is 11.6. The van der Waals surface area contributed by atoms with Crippen molar-refractivity contribution in [2.45, 2.75) is 12.8 Å². The topological polar surface area (TPSA) is 117 Å². The number of carboxylic acid groups (broad SMARTS) is 1. The van der Waals surface area contributed by atoms with Crippen molar-refractivity contribution >= 4 is 12.2 Å². The third-order valence-electron chi connectivity index (χ3n) is 3.12. The zero-order valence-corrected chi connectivity index (χ0v) is 16.5. The average Bonchev–Trinajstić information content (AvgIpc) is 3.19. The van der Waals surface area contributed by atoms with E-state index < -0.39 is 12.1 Å². The molecule has 0 amide bonds. The van der Waals surface area contributed by atoms with Crippen LogP contribution in [0.25, 0.3) is 0 Å². The smallest absolute Gasteiger partial charge is 0.475 e. The maximum atomic E-state index is 10.6. The minimum absolute atomic E-state index is 0.403. The lowest BCUT2D eigenvalue weighted by Gasteiger charge is -1.94. The molecule has 32 heavy (non-hydrogen) atoms. The molecule has 0 saturated heterocycles. The highest BCUT2D eigenvalue weighted by atomic mass is 19.4. The van der Waals surface area contributed by atoms with E-state index in [0.717, 1.165) is 5.69 Å². The fourth-order valence-electron chi connectivity index (χ4n) is 1.71. The largest absolute Gasteiger partial charge is 0.490 e. The van der Waals surface area contributed by atoms with Gasteiger partial charge in [0.2, 0.25) is 0 Å². The van der Waals surface area contributed by atoms with E-state index >= 15 is 0 Å². The Labute approximate surface area is 181 Å². The highest BCUT2D eigenvalue weighted by Gasteiger charge is 2.38. The Morgan fingerprint density at radius 1 is 1.09 bits per heavy atom. The van der Waals surface area contributed by atoms with Crippen LogP contribution < -0.4 is 0 Å². The standard InChI is InChI=1S/C19H17N5O.C2HF3O2/c20-13-18-7-3-5-11-24-17-23-15-19(24)14-22-10-9-21-8-4-1-2-6-12-25-16-18;3-2(4,5)1(6)7/h1-12,14-16H,17H2;(H,6,7). The van der Waals surface area contributed by atoms with Crippen LogP contribution in [0.2, 0.25) is 0 Å². The number of carbonyl (C=O) groups is 1. The molecule has 166 valence electrons. The summed E-state index contributed by atoms with van der Waals surface area (Å²) in [4.78, 5) is 21.3. The van der Waals surface area contributed by atoms with Gasteiger partial charge in [-0.05, 0) is 24.3 Å². The molecule has 2 heterocycles. The molecule has 0 saturated carbocycles. The highest BCUT2D eigenvalue weighted by Crippen LogP contribution is 2.13. The van der Waals surface area contributed by atoms with Crippen LogP contribution in [0.15, 0.2) is 95.4 Å². The molecule has 1 N–H and O–H groups in total. The number of carboxylic acids is 1. The van der Waals surface area contributed by atoms with Gasteiger partial charge in [0.05, 0.1) is 23.7 Å². The van der Waals surface area contributed by atoms with Gasteiger partial charge in [-0.25, -0.2) is 4.79 Å². The van der Waals surface area contributed by atoms with E-state index in [9.17, 15) is 13.2 Å². The minimum Gasteiger partial charge on any atom is -0.475 e. The summed E-state index contributed by atoms with van der Waals surface area (Å²) in [5.74, 6) is -2.76. The normalized spacial score (nSPS) is 10.3. The summed E-state index contributed by atoms with van der Waals surface area (Å²) in [6.45, 7) is 0.531. The molecule has 1 aromatic rings. The zero-order valence-electron chi connectivity index (χ0n) is 16.5. The Morgan fingerprint density at radius 2 is 1.81 bits per heavy atom. The van der Waals surface area contributed by atoms with Gasteiger partial charge in [-0.3, -0.25) is 15.0 Å². The molecule has 0 aliphatic carbocycles. The van der Waals surface area contributed by atoms with E-state index in [1.54, 1.807) is 67.4 Å². The molecule has 1 aromatic heterocycles. The second kappa shape index (κ2) is 14.5. The van der Waals surface area contributed by atoms with Crippen LogP contribution in [0.5, 0.6) is 0 Å². The van der Waals surface area contributed by atoms with Gasteiger partial charge in [0.15, 0.2) is 0 Å². The third-order valence-corrected chi connectivity index (χ3v) is 3.12. The molecular formula is C21H18F3N5O3. The predicted molar refractivity (Wildman–Crippen MR) is 109 cm³/mol. The SMILES string of the molecule is N#Cc1ccccn2c(cnccnccccccoc1)C=NC2.O=C(O)C(F)(F)F. The number of aromatic nitrogens is 3. The van der Waals surface area contributed by atoms with Crippen LogP contribution in [-0.2, 0) is 11.5 Å². The summed E-state index contributed by atoms with van der Waals surface area (Å²) < 4.78 is 38.8. The number of aliphatic imine (C=N–C) groups is 1. The number of aliphatic carboxylic acids is 1. The number of rotatable bonds is 0. The maximum absolute atomic E-state index is 10.6. The highest BCUT2D eigenvalue weighted by molar-refractivity contribution is 5.77. The van der Waals surface area contributed by atoms with E-state index in [1.807, 2.05) is 16.8 Å². The second-order valence-electron chi connectivity index (χ2n) is 5.45. The van der Waals surface area contributed by atoms with Crippen molar-refractivity contribution in [3.63, 3.8) is 0 Å². The van der Waals surface area contributed by atoms with Gasteiger partial charge in [-0.2, -0.15) is 18.4 Å². The number of halogens is 3. The van der Waals surface area contributed by atoms with Crippen molar-refractivity contribution < 1.29 is 27.5 Å². The summed E-state index contributed by atoms with van der Waals surface area (Å²) in [6.07, 6.45) is 7.95. The zero-order chi connectivity index (χ0) is 23.7.